The molecular formula is C8H15N3O. The lowest BCUT2D eigenvalue weighted by molar-refractivity contribution is 0.156. The number of aromatic nitrogens is 2. The monoisotopic (exact) mass is 169 g/mol. The van der Waals surface area contributed by atoms with Crippen molar-refractivity contribution < 1.29 is 5.11 Å². The molecule has 0 aromatic carbocycles. The molecule has 0 amide bonds. The van der Waals surface area contributed by atoms with Crippen LogP contribution in [0.4, 0.5) is 0 Å². The Morgan fingerprint density at radius 3 is 3.08 bits per heavy atom. The van der Waals surface area contributed by atoms with Gasteiger partial charge in [-0.15, -0.1) is 0 Å². The van der Waals surface area contributed by atoms with E-state index in [1.807, 2.05) is 17.7 Å². The number of aliphatic hydroxyl groups excluding tert-OH is 1. The van der Waals surface area contributed by atoms with Crippen molar-refractivity contribution in [1.82, 2.24) is 9.55 Å². The second-order valence-corrected chi connectivity index (χ2v) is 2.66. The average Bonchev–Trinajstić information content (AvgIpc) is 2.51. The minimum atomic E-state index is -0.523. The molecule has 4 heteroatoms. The van der Waals surface area contributed by atoms with E-state index >= 15 is 0 Å². The lowest BCUT2D eigenvalue weighted by Gasteiger charge is -2.10. The van der Waals surface area contributed by atoms with E-state index < -0.39 is 6.10 Å². The van der Waals surface area contributed by atoms with E-state index in [0.717, 1.165) is 6.54 Å². The summed E-state index contributed by atoms with van der Waals surface area (Å²) < 4.78 is 1.92. The zero-order chi connectivity index (χ0) is 8.97. The third-order valence-corrected chi connectivity index (χ3v) is 1.83. The summed E-state index contributed by atoms with van der Waals surface area (Å²) in [6, 6.07) is 0. The lowest BCUT2D eigenvalue weighted by atomic mass is 10.2. The van der Waals surface area contributed by atoms with E-state index in [0.29, 0.717) is 18.8 Å². The van der Waals surface area contributed by atoms with Crippen LogP contribution in [0.2, 0.25) is 0 Å². The smallest absolute Gasteiger partial charge is 0.137 e. The van der Waals surface area contributed by atoms with Crippen LogP contribution in [0.1, 0.15) is 25.3 Å². The van der Waals surface area contributed by atoms with Gasteiger partial charge < -0.3 is 15.4 Å². The van der Waals surface area contributed by atoms with Gasteiger partial charge in [0.2, 0.25) is 0 Å². The van der Waals surface area contributed by atoms with Gasteiger partial charge in [0, 0.05) is 18.9 Å². The van der Waals surface area contributed by atoms with Gasteiger partial charge in [0.15, 0.2) is 0 Å². The molecule has 1 aromatic heterocycles. The summed E-state index contributed by atoms with van der Waals surface area (Å²) in [5.74, 6) is 0.711. The van der Waals surface area contributed by atoms with Crippen molar-refractivity contribution in [1.29, 1.82) is 0 Å². The zero-order valence-corrected chi connectivity index (χ0v) is 7.27. The number of aliphatic hydroxyl groups is 1. The Bertz CT molecular complexity index is 234. The average molecular weight is 169 g/mol. The van der Waals surface area contributed by atoms with Crippen LogP contribution >= 0.6 is 0 Å². The molecule has 68 valence electrons. The SMILES string of the molecule is CCn1ccnc1[C@@H](O)CCN. The van der Waals surface area contributed by atoms with Crippen molar-refractivity contribution in [3.63, 3.8) is 0 Å². The second kappa shape index (κ2) is 4.23. The molecule has 1 heterocycles. The Labute approximate surface area is 72.0 Å². The molecule has 0 radical (unpaired) electrons. The Kier molecular flexibility index (Phi) is 3.25. The fraction of sp³-hybridized carbons (Fsp3) is 0.625. The summed E-state index contributed by atoms with van der Waals surface area (Å²) >= 11 is 0. The number of nitrogens with two attached hydrogens (primary N) is 1. The standard InChI is InChI=1S/C8H15N3O/c1-2-11-6-5-10-8(11)7(12)3-4-9/h5-7,12H,2-4,9H2,1H3/t7-/m0/s1. The van der Waals surface area contributed by atoms with Crippen LogP contribution in [0.5, 0.6) is 0 Å². The van der Waals surface area contributed by atoms with Crippen molar-refractivity contribution in [3.8, 4) is 0 Å². The topological polar surface area (TPSA) is 64.1 Å². The van der Waals surface area contributed by atoms with Crippen LogP contribution in [0.25, 0.3) is 0 Å². The molecule has 0 bridgehead atoms. The number of hydrogen-bond donors (Lipinski definition) is 2. The van der Waals surface area contributed by atoms with Gasteiger partial charge >= 0.3 is 0 Å². The summed E-state index contributed by atoms with van der Waals surface area (Å²) in [5, 5.41) is 9.56. The van der Waals surface area contributed by atoms with Crippen LogP contribution in [-0.2, 0) is 6.54 Å². The molecule has 0 aliphatic carbocycles. The van der Waals surface area contributed by atoms with Crippen LogP contribution < -0.4 is 5.73 Å². The van der Waals surface area contributed by atoms with Gasteiger partial charge in [0.25, 0.3) is 0 Å². The van der Waals surface area contributed by atoms with Crippen LogP contribution in [0, 0.1) is 0 Å². The van der Waals surface area contributed by atoms with Gasteiger partial charge in [-0.05, 0) is 19.9 Å². The molecule has 0 spiro atoms. The zero-order valence-electron chi connectivity index (χ0n) is 7.27. The highest BCUT2D eigenvalue weighted by Crippen LogP contribution is 2.13. The molecule has 0 aliphatic rings. The molecule has 0 saturated heterocycles. The van der Waals surface area contributed by atoms with Gasteiger partial charge in [-0.3, -0.25) is 0 Å². The van der Waals surface area contributed by atoms with E-state index in [1.54, 1.807) is 6.20 Å². The highest BCUT2D eigenvalue weighted by atomic mass is 16.3. The maximum atomic E-state index is 9.56. The van der Waals surface area contributed by atoms with E-state index in [9.17, 15) is 5.11 Å². The van der Waals surface area contributed by atoms with E-state index in [4.69, 9.17) is 5.73 Å². The summed E-state index contributed by atoms with van der Waals surface area (Å²) in [7, 11) is 0. The predicted octanol–water partition coefficient (Wildman–Crippen LogP) is 0.285. The highest BCUT2D eigenvalue weighted by Gasteiger charge is 2.11. The number of aryl methyl sites for hydroxylation is 1. The van der Waals surface area contributed by atoms with Crippen molar-refractivity contribution in [3.05, 3.63) is 18.2 Å². The molecule has 0 fully saturated rings. The fourth-order valence-corrected chi connectivity index (χ4v) is 1.17. The first-order valence-corrected chi connectivity index (χ1v) is 4.18. The Hall–Kier alpha value is -0.870. The van der Waals surface area contributed by atoms with E-state index in [2.05, 4.69) is 4.98 Å². The Morgan fingerprint density at radius 2 is 2.50 bits per heavy atom. The Balaban J connectivity index is 2.71. The first kappa shape index (κ1) is 9.22. The predicted molar refractivity (Wildman–Crippen MR) is 46.5 cm³/mol. The Morgan fingerprint density at radius 1 is 1.75 bits per heavy atom. The maximum absolute atomic E-state index is 9.56. The largest absolute Gasteiger partial charge is 0.385 e. The first-order chi connectivity index (χ1) is 5.79. The molecule has 4 nitrogen and oxygen atoms in total. The molecule has 0 saturated carbocycles. The van der Waals surface area contributed by atoms with Gasteiger partial charge in [0.05, 0.1) is 0 Å². The molecule has 1 atom stereocenters. The van der Waals surface area contributed by atoms with Gasteiger partial charge in [-0.2, -0.15) is 0 Å². The van der Waals surface area contributed by atoms with Crippen molar-refractivity contribution in [2.45, 2.75) is 26.0 Å². The summed E-state index contributed by atoms with van der Waals surface area (Å²) in [4.78, 5) is 4.06. The number of hydrogen-bond acceptors (Lipinski definition) is 3. The molecule has 0 unspecified atom stereocenters. The van der Waals surface area contributed by atoms with Crippen LogP contribution in [0.15, 0.2) is 12.4 Å². The van der Waals surface area contributed by atoms with Gasteiger partial charge in [-0.1, -0.05) is 0 Å². The van der Waals surface area contributed by atoms with Crippen LogP contribution in [-0.4, -0.2) is 21.2 Å². The third-order valence-electron chi connectivity index (χ3n) is 1.83. The number of nitrogens with zero attached hydrogens (tertiary/aromatic N) is 2. The van der Waals surface area contributed by atoms with Gasteiger partial charge in [-0.25, -0.2) is 4.98 Å². The summed E-state index contributed by atoms with van der Waals surface area (Å²) in [6.45, 7) is 3.33. The van der Waals surface area contributed by atoms with Crippen LogP contribution in [0.3, 0.4) is 0 Å². The molecule has 1 rings (SSSR count). The van der Waals surface area contributed by atoms with Crippen molar-refractivity contribution >= 4 is 0 Å². The van der Waals surface area contributed by atoms with E-state index in [1.165, 1.54) is 0 Å². The molecular weight excluding hydrogens is 154 g/mol. The maximum Gasteiger partial charge on any atom is 0.137 e. The minimum Gasteiger partial charge on any atom is -0.385 e. The molecule has 0 aliphatic heterocycles. The van der Waals surface area contributed by atoms with E-state index in [-0.39, 0.29) is 0 Å². The minimum absolute atomic E-state index is 0.484. The number of rotatable bonds is 4. The highest BCUT2D eigenvalue weighted by molar-refractivity contribution is 4.96. The first-order valence-electron chi connectivity index (χ1n) is 4.18. The fourth-order valence-electron chi connectivity index (χ4n) is 1.17. The third kappa shape index (κ3) is 1.84. The summed E-state index contributed by atoms with van der Waals surface area (Å²) in [5.41, 5.74) is 5.33. The lowest BCUT2D eigenvalue weighted by Crippen LogP contribution is -2.11. The molecule has 12 heavy (non-hydrogen) atoms. The normalized spacial score (nSPS) is 13.2. The summed E-state index contributed by atoms with van der Waals surface area (Å²) in [6.07, 6.45) is 3.59. The van der Waals surface area contributed by atoms with Crippen molar-refractivity contribution in [2.24, 2.45) is 5.73 Å². The van der Waals surface area contributed by atoms with Crippen molar-refractivity contribution in [2.75, 3.05) is 6.54 Å². The molecule has 3 N–H and O–H groups in total. The quantitative estimate of drug-likeness (QED) is 0.680. The number of imidazole rings is 1. The molecule has 1 aromatic rings. The van der Waals surface area contributed by atoms with Gasteiger partial charge in [0.1, 0.15) is 11.9 Å². The second-order valence-electron chi connectivity index (χ2n) is 2.66.